The normalized spacial score (nSPS) is 23.2. The molecule has 1 spiro atoms. The summed E-state index contributed by atoms with van der Waals surface area (Å²) >= 11 is 0. The number of carbonyl (C=O) groups is 2. The molecule has 7 nitrogen and oxygen atoms in total. The lowest BCUT2D eigenvalue weighted by atomic mass is 9.83. The Morgan fingerprint density at radius 1 is 1.19 bits per heavy atom. The molecule has 4 heterocycles. The number of furan rings is 1. The monoisotopic (exact) mass is 435 g/mol. The quantitative estimate of drug-likeness (QED) is 0.630. The largest absolute Gasteiger partial charge is 0.459 e. The number of carbonyl (C=O) groups excluding carboxylic acids is 2. The molecule has 3 aromatic rings. The Morgan fingerprint density at radius 2 is 2.03 bits per heavy atom. The zero-order chi connectivity index (χ0) is 22.1. The second-order valence-corrected chi connectivity index (χ2v) is 8.09. The van der Waals surface area contributed by atoms with Crippen molar-refractivity contribution < 1.29 is 23.1 Å². The minimum absolute atomic E-state index is 0.116. The topological polar surface area (TPSA) is 75.9 Å². The molecular weight excluding hydrogens is 413 g/mol. The van der Waals surface area contributed by atoms with Crippen LogP contribution in [0.1, 0.15) is 27.6 Å². The van der Waals surface area contributed by atoms with Gasteiger partial charge in [-0.05, 0) is 41.5 Å². The van der Waals surface area contributed by atoms with E-state index in [1.54, 1.807) is 46.5 Å². The lowest BCUT2D eigenvalue weighted by Gasteiger charge is -2.42. The summed E-state index contributed by atoms with van der Waals surface area (Å²) in [6, 6.07) is 13.1. The van der Waals surface area contributed by atoms with Gasteiger partial charge in [0.25, 0.3) is 11.8 Å². The van der Waals surface area contributed by atoms with Crippen LogP contribution in [0.5, 0.6) is 0 Å². The number of benzene rings is 1. The van der Waals surface area contributed by atoms with Gasteiger partial charge in [0.05, 0.1) is 19.4 Å². The minimum atomic E-state index is -1.22. The van der Waals surface area contributed by atoms with Crippen LogP contribution in [0.3, 0.4) is 0 Å². The molecule has 164 valence electrons. The maximum absolute atomic E-state index is 13.8. The molecule has 2 fully saturated rings. The summed E-state index contributed by atoms with van der Waals surface area (Å²) in [5.74, 6) is -0.945. The fourth-order valence-corrected chi connectivity index (χ4v) is 4.59. The molecule has 0 bridgehead atoms. The molecule has 2 aliphatic heterocycles. The first kappa shape index (κ1) is 20.4. The van der Waals surface area contributed by atoms with E-state index in [0.717, 1.165) is 11.1 Å². The highest BCUT2D eigenvalue weighted by Gasteiger charge is 2.58. The van der Waals surface area contributed by atoms with E-state index in [-0.39, 0.29) is 35.9 Å². The number of pyridine rings is 1. The standard InChI is InChI=1S/C24H22FN3O4/c25-19-7-5-17(6-8-19)14-27-10-12-32-24(23(27)30)16-28(22(29)21-4-2-11-31-21)15-20(24)18-3-1-9-26-13-18/h1-9,11,13,20H,10,12,14-16H2/t20-,24-/m1/s1. The molecule has 0 radical (unpaired) electrons. The van der Waals surface area contributed by atoms with Gasteiger partial charge < -0.3 is 19.0 Å². The predicted molar refractivity (Wildman–Crippen MR) is 112 cm³/mol. The summed E-state index contributed by atoms with van der Waals surface area (Å²) < 4.78 is 24.8. The summed E-state index contributed by atoms with van der Waals surface area (Å²) in [4.78, 5) is 34.4. The van der Waals surface area contributed by atoms with E-state index in [4.69, 9.17) is 9.15 Å². The van der Waals surface area contributed by atoms with Gasteiger partial charge in [0.1, 0.15) is 5.82 Å². The summed E-state index contributed by atoms with van der Waals surface area (Å²) in [6.07, 6.45) is 4.83. The van der Waals surface area contributed by atoms with Gasteiger partial charge in [-0.1, -0.05) is 18.2 Å². The highest BCUT2D eigenvalue weighted by atomic mass is 19.1. The third-order valence-corrected chi connectivity index (χ3v) is 6.15. The summed E-state index contributed by atoms with van der Waals surface area (Å²) in [6.45, 7) is 1.53. The van der Waals surface area contributed by atoms with Gasteiger partial charge >= 0.3 is 0 Å². The molecule has 32 heavy (non-hydrogen) atoms. The lowest BCUT2D eigenvalue weighted by Crippen LogP contribution is -2.60. The third kappa shape index (κ3) is 3.56. The number of morpholine rings is 1. The van der Waals surface area contributed by atoms with Crippen molar-refractivity contribution in [3.63, 3.8) is 0 Å². The van der Waals surface area contributed by atoms with Crippen molar-refractivity contribution in [2.24, 2.45) is 0 Å². The molecular formula is C24H22FN3O4. The van der Waals surface area contributed by atoms with Crippen LogP contribution in [-0.2, 0) is 16.1 Å². The first-order valence-corrected chi connectivity index (χ1v) is 10.5. The zero-order valence-electron chi connectivity index (χ0n) is 17.3. The van der Waals surface area contributed by atoms with E-state index < -0.39 is 5.60 Å². The Balaban J connectivity index is 1.47. The third-order valence-electron chi connectivity index (χ3n) is 6.15. The van der Waals surface area contributed by atoms with Crippen LogP contribution in [0.25, 0.3) is 0 Å². The second-order valence-electron chi connectivity index (χ2n) is 8.09. The molecule has 2 aromatic heterocycles. The van der Waals surface area contributed by atoms with Crippen LogP contribution in [0.4, 0.5) is 4.39 Å². The van der Waals surface area contributed by atoms with Gasteiger partial charge in [0.2, 0.25) is 0 Å². The van der Waals surface area contributed by atoms with E-state index in [0.29, 0.717) is 26.2 Å². The first-order valence-electron chi connectivity index (χ1n) is 10.5. The molecule has 0 saturated carbocycles. The number of aromatic nitrogens is 1. The highest BCUT2D eigenvalue weighted by molar-refractivity contribution is 5.94. The van der Waals surface area contributed by atoms with E-state index in [9.17, 15) is 14.0 Å². The van der Waals surface area contributed by atoms with Crippen molar-refractivity contribution in [2.75, 3.05) is 26.2 Å². The number of amides is 2. The van der Waals surface area contributed by atoms with Crippen LogP contribution in [-0.4, -0.2) is 58.4 Å². The number of halogens is 1. The summed E-state index contributed by atoms with van der Waals surface area (Å²) in [5, 5.41) is 0. The molecule has 2 saturated heterocycles. The van der Waals surface area contributed by atoms with Crippen LogP contribution in [0.2, 0.25) is 0 Å². The van der Waals surface area contributed by atoms with Gasteiger partial charge in [-0.2, -0.15) is 0 Å². The Kier molecular flexibility index (Phi) is 5.22. The SMILES string of the molecule is O=C(c1ccco1)N1C[C@H](c2cccnc2)[C@@]2(C1)OCCN(Cc1ccc(F)cc1)C2=O. The van der Waals surface area contributed by atoms with Gasteiger partial charge in [-0.15, -0.1) is 0 Å². The molecule has 8 heteroatoms. The molecule has 2 amide bonds. The average Bonchev–Trinajstić information content (AvgIpc) is 3.48. The number of ether oxygens (including phenoxy) is 1. The Labute approximate surface area is 184 Å². The molecule has 1 aromatic carbocycles. The Morgan fingerprint density at radius 3 is 2.75 bits per heavy atom. The van der Waals surface area contributed by atoms with E-state index in [2.05, 4.69) is 4.98 Å². The van der Waals surface area contributed by atoms with E-state index >= 15 is 0 Å². The van der Waals surface area contributed by atoms with Gasteiger partial charge in [-0.25, -0.2) is 4.39 Å². The lowest BCUT2D eigenvalue weighted by molar-refractivity contribution is -0.172. The van der Waals surface area contributed by atoms with Gasteiger partial charge in [-0.3, -0.25) is 14.6 Å². The number of nitrogens with zero attached hydrogens (tertiary/aromatic N) is 3. The minimum Gasteiger partial charge on any atom is -0.459 e. The average molecular weight is 435 g/mol. The van der Waals surface area contributed by atoms with Crippen LogP contribution in [0.15, 0.2) is 71.6 Å². The number of hydrogen-bond donors (Lipinski definition) is 0. The molecule has 5 rings (SSSR count). The fraction of sp³-hybridized carbons (Fsp3) is 0.292. The van der Waals surface area contributed by atoms with E-state index in [1.807, 2.05) is 12.1 Å². The van der Waals surface area contributed by atoms with Crippen molar-refractivity contribution in [2.45, 2.75) is 18.1 Å². The molecule has 0 aliphatic carbocycles. The Hall–Kier alpha value is -3.52. The van der Waals surface area contributed by atoms with Crippen molar-refractivity contribution >= 4 is 11.8 Å². The van der Waals surface area contributed by atoms with Crippen LogP contribution < -0.4 is 0 Å². The maximum atomic E-state index is 13.8. The predicted octanol–water partition coefficient (Wildman–Crippen LogP) is 2.85. The van der Waals surface area contributed by atoms with Gasteiger partial charge in [0.15, 0.2) is 11.4 Å². The molecule has 2 aliphatic rings. The number of rotatable bonds is 4. The number of hydrogen-bond acceptors (Lipinski definition) is 5. The number of likely N-dealkylation sites (tertiary alicyclic amines) is 1. The fourth-order valence-electron chi connectivity index (χ4n) is 4.59. The molecule has 2 atom stereocenters. The summed E-state index contributed by atoms with van der Waals surface area (Å²) in [5.41, 5.74) is 0.444. The zero-order valence-corrected chi connectivity index (χ0v) is 17.3. The maximum Gasteiger partial charge on any atom is 0.289 e. The smallest absolute Gasteiger partial charge is 0.289 e. The van der Waals surface area contributed by atoms with Crippen molar-refractivity contribution in [3.8, 4) is 0 Å². The van der Waals surface area contributed by atoms with Crippen molar-refractivity contribution in [3.05, 3.63) is 89.9 Å². The first-order chi connectivity index (χ1) is 15.6. The van der Waals surface area contributed by atoms with Crippen LogP contribution >= 0.6 is 0 Å². The van der Waals surface area contributed by atoms with Crippen molar-refractivity contribution in [1.29, 1.82) is 0 Å². The molecule has 0 unspecified atom stereocenters. The van der Waals surface area contributed by atoms with E-state index in [1.165, 1.54) is 18.4 Å². The van der Waals surface area contributed by atoms with Gasteiger partial charge in [0, 0.05) is 37.9 Å². The highest BCUT2D eigenvalue weighted by Crippen LogP contribution is 2.42. The summed E-state index contributed by atoms with van der Waals surface area (Å²) in [7, 11) is 0. The molecule has 0 N–H and O–H groups in total. The van der Waals surface area contributed by atoms with Crippen LogP contribution in [0, 0.1) is 5.82 Å². The van der Waals surface area contributed by atoms with Crippen molar-refractivity contribution in [1.82, 2.24) is 14.8 Å². The Bertz CT molecular complexity index is 1100. The second kappa shape index (κ2) is 8.20.